The van der Waals surface area contributed by atoms with Crippen LogP contribution in [0.2, 0.25) is 0 Å². The third-order valence-electron chi connectivity index (χ3n) is 2.70. The molecule has 0 atom stereocenters. The van der Waals surface area contributed by atoms with Gasteiger partial charge >= 0.3 is 0 Å². The topological polar surface area (TPSA) is 61.6 Å². The number of primary amides is 1. The highest BCUT2D eigenvalue weighted by molar-refractivity contribution is 9.10. The largest absolute Gasteiger partial charge is 0.497 e. The van der Waals surface area contributed by atoms with Crippen molar-refractivity contribution in [2.75, 3.05) is 7.11 Å². The fraction of sp³-hybridized carbons (Fsp3) is 0.0625. The van der Waals surface area contributed by atoms with Crippen LogP contribution >= 0.6 is 15.9 Å². The number of halogens is 1. The van der Waals surface area contributed by atoms with Crippen LogP contribution in [0.4, 0.5) is 0 Å². The van der Waals surface area contributed by atoms with Crippen molar-refractivity contribution in [3.63, 3.8) is 0 Å². The van der Waals surface area contributed by atoms with E-state index in [9.17, 15) is 4.79 Å². The molecule has 0 spiro atoms. The first kappa shape index (κ1) is 15.1. The van der Waals surface area contributed by atoms with E-state index in [0.717, 1.165) is 15.8 Å². The third-order valence-corrected chi connectivity index (χ3v) is 3.23. The minimum atomic E-state index is -0.631. The van der Waals surface area contributed by atoms with Crippen LogP contribution in [-0.2, 0) is 4.79 Å². The number of carbonyl (C=O) groups is 1. The van der Waals surface area contributed by atoms with Gasteiger partial charge in [0.15, 0.2) is 5.76 Å². The van der Waals surface area contributed by atoms with E-state index in [1.807, 2.05) is 24.3 Å². The van der Waals surface area contributed by atoms with Gasteiger partial charge in [0.2, 0.25) is 0 Å². The van der Waals surface area contributed by atoms with Gasteiger partial charge in [0.1, 0.15) is 11.5 Å². The minimum absolute atomic E-state index is 0.0717. The van der Waals surface area contributed by atoms with Crippen molar-refractivity contribution in [1.82, 2.24) is 0 Å². The second-order valence-electron chi connectivity index (χ2n) is 4.20. The molecule has 4 nitrogen and oxygen atoms in total. The Morgan fingerprint density at radius 1 is 1.05 bits per heavy atom. The minimum Gasteiger partial charge on any atom is -0.497 e. The van der Waals surface area contributed by atoms with Crippen molar-refractivity contribution in [1.29, 1.82) is 0 Å². The Kier molecular flexibility index (Phi) is 5.00. The summed E-state index contributed by atoms with van der Waals surface area (Å²) in [5.41, 5.74) is 6.15. The molecule has 0 saturated carbocycles. The van der Waals surface area contributed by atoms with Crippen LogP contribution < -0.4 is 15.2 Å². The number of ether oxygens (including phenoxy) is 2. The highest BCUT2D eigenvalue weighted by Crippen LogP contribution is 2.20. The van der Waals surface area contributed by atoms with Crippen molar-refractivity contribution in [3.8, 4) is 11.5 Å². The fourth-order valence-electron chi connectivity index (χ4n) is 1.63. The van der Waals surface area contributed by atoms with Gasteiger partial charge in [-0.25, -0.2) is 0 Å². The predicted molar refractivity (Wildman–Crippen MR) is 84.9 cm³/mol. The molecule has 2 aromatic carbocycles. The molecule has 0 aliphatic carbocycles. The lowest BCUT2D eigenvalue weighted by atomic mass is 10.2. The van der Waals surface area contributed by atoms with E-state index in [-0.39, 0.29) is 5.76 Å². The maximum atomic E-state index is 11.5. The van der Waals surface area contributed by atoms with Crippen molar-refractivity contribution < 1.29 is 14.3 Å². The lowest BCUT2D eigenvalue weighted by molar-refractivity contribution is -0.116. The van der Waals surface area contributed by atoms with E-state index >= 15 is 0 Å². The van der Waals surface area contributed by atoms with E-state index in [4.69, 9.17) is 15.2 Å². The van der Waals surface area contributed by atoms with Crippen LogP contribution in [-0.4, -0.2) is 13.0 Å². The standard InChI is InChI=1S/C16H14BrNO3/c1-20-13-6-2-11(3-7-13)10-15(16(18)19)21-14-8-4-12(17)5-9-14/h2-10H,1H3,(H2,18,19)/b15-10-. The molecule has 2 aromatic rings. The van der Waals surface area contributed by atoms with Crippen LogP contribution in [0.1, 0.15) is 5.56 Å². The smallest absolute Gasteiger partial charge is 0.284 e. The molecular weight excluding hydrogens is 334 g/mol. The molecule has 0 aromatic heterocycles. The summed E-state index contributed by atoms with van der Waals surface area (Å²) in [6.45, 7) is 0. The first-order chi connectivity index (χ1) is 10.1. The Balaban J connectivity index is 2.23. The van der Waals surface area contributed by atoms with Gasteiger partial charge in [-0.05, 0) is 48.0 Å². The van der Waals surface area contributed by atoms with E-state index in [1.165, 1.54) is 0 Å². The molecule has 0 unspecified atom stereocenters. The molecule has 1 amide bonds. The maximum Gasteiger partial charge on any atom is 0.284 e. The third kappa shape index (κ3) is 4.36. The molecule has 0 bridgehead atoms. The van der Waals surface area contributed by atoms with Crippen molar-refractivity contribution >= 4 is 27.9 Å². The second kappa shape index (κ2) is 6.95. The van der Waals surface area contributed by atoms with Crippen LogP contribution in [0.15, 0.2) is 58.8 Å². The summed E-state index contributed by atoms with van der Waals surface area (Å²) >= 11 is 3.33. The quantitative estimate of drug-likeness (QED) is 0.666. The van der Waals surface area contributed by atoms with E-state index in [1.54, 1.807) is 37.5 Å². The number of carbonyl (C=O) groups excluding carboxylic acids is 1. The van der Waals surface area contributed by atoms with Gasteiger partial charge in [-0.15, -0.1) is 0 Å². The molecule has 0 radical (unpaired) electrons. The second-order valence-corrected chi connectivity index (χ2v) is 5.12. The Hall–Kier alpha value is -2.27. The molecule has 2 N–H and O–H groups in total. The number of hydrogen-bond acceptors (Lipinski definition) is 3. The lowest BCUT2D eigenvalue weighted by Crippen LogP contribution is -2.18. The number of hydrogen-bond donors (Lipinski definition) is 1. The van der Waals surface area contributed by atoms with E-state index in [0.29, 0.717) is 5.75 Å². The van der Waals surface area contributed by atoms with Gasteiger partial charge in [0, 0.05) is 4.47 Å². The first-order valence-electron chi connectivity index (χ1n) is 6.17. The summed E-state index contributed by atoms with van der Waals surface area (Å²) in [6, 6.07) is 14.3. The summed E-state index contributed by atoms with van der Waals surface area (Å²) in [4.78, 5) is 11.5. The number of benzene rings is 2. The van der Waals surface area contributed by atoms with E-state index < -0.39 is 5.91 Å². The summed E-state index contributed by atoms with van der Waals surface area (Å²) in [5.74, 6) is 0.717. The summed E-state index contributed by atoms with van der Waals surface area (Å²) in [7, 11) is 1.59. The molecule has 0 aliphatic heterocycles. The van der Waals surface area contributed by atoms with Gasteiger partial charge < -0.3 is 15.2 Å². The summed E-state index contributed by atoms with van der Waals surface area (Å²) in [6.07, 6.45) is 1.59. The monoisotopic (exact) mass is 347 g/mol. The van der Waals surface area contributed by atoms with Gasteiger partial charge in [0.25, 0.3) is 5.91 Å². The molecule has 108 valence electrons. The fourth-order valence-corrected chi connectivity index (χ4v) is 1.90. The van der Waals surface area contributed by atoms with Gasteiger partial charge in [0.05, 0.1) is 7.11 Å². The SMILES string of the molecule is COc1ccc(/C=C(\Oc2ccc(Br)cc2)C(N)=O)cc1. The average molecular weight is 348 g/mol. The molecule has 5 heteroatoms. The number of nitrogens with two attached hydrogens (primary N) is 1. The summed E-state index contributed by atoms with van der Waals surface area (Å²) in [5, 5.41) is 0. The van der Waals surface area contributed by atoms with Crippen molar-refractivity contribution in [2.45, 2.75) is 0 Å². The number of methoxy groups -OCH3 is 1. The van der Waals surface area contributed by atoms with E-state index in [2.05, 4.69) is 15.9 Å². The Bertz CT molecular complexity index is 648. The Morgan fingerprint density at radius 3 is 2.14 bits per heavy atom. The van der Waals surface area contributed by atoms with Gasteiger partial charge in [-0.1, -0.05) is 28.1 Å². The zero-order valence-corrected chi connectivity index (χ0v) is 13.0. The molecule has 21 heavy (non-hydrogen) atoms. The number of rotatable bonds is 5. The van der Waals surface area contributed by atoms with Crippen LogP contribution in [0.3, 0.4) is 0 Å². The molecule has 0 saturated heterocycles. The highest BCUT2D eigenvalue weighted by atomic mass is 79.9. The Labute approximate surface area is 131 Å². The van der Waals surface area contributed by atoms with Crippen LogP contribution in [0, 0.1) is 0 Å². The average Bonchev–Trinajstić information content (AvgIpc) is 2.49. The lowest BCUT2D eigenvalue weighted by Gasteiger charge is -2.07. The zero-order chi connectivity index (χ0) is 15.2. The molecular formula is C16H14BrNO3. The maximum absolute atomic E-state index is 11.5. The normalized spacial score (nSPS) is 11.0. The summed E-state index contributed by atoms with van der Waals surface area (Å²) < 4.78 is 11.5. The van der Waals surface area contributed by atoms with Crippen LogP contribution in [0.5, 0.6) is 11.5 Å². The van der Waals surface area contributed by atoms with Crippen molar-refractivity contribution in [2.24, 2.45) is 5.73 Å². The van der Waals surface area contributed by atoms with Gasteiger partial charge in [-0.2, -0.15) is 0 Å². The predicted octanol–water partition coefficient (Wildman–Crippen LogP) is 3.36. The molecule has 0 fully saturated rings. The highest BCUT2D eigenvalue weighted by Gasteiger charge is 2.08. The first-order valence-corrected chi connectivity index (χ1v) is 6.97. The van der Waals surface area contributed by atoms with Crippen molar-refractivity contribution in [3.05, 3.63) is 64.3 Å². The Morgan fingerprint density at radius 2 is 1.62 bits per heavy atom. The molecule has 0 aliphatic rings. The zero-order valence-electron chi connectivity index (χ0n) is 11.4. The molecule has 0 heterocycles. The number of amides is 1. The van der Waals surface area contributed by atoms with Gasteiger partial charge in [-0.3, -0.25) is 4.79 Å². The van der Waals surface area contributed by atoms with Crippen LogP contribution in [0.25, 0.3) is 6.08 Å². The molecule has 2 rings (SSSR count).